The Labute approximate surface area is 198 Å². The molecule has 0 saturated carbocycles. The smallest absolute Gasteiger partial charge is 0.416 e. The SMILES string of the molecule is O=C(O)C(CNCCN1CCOCC1)C(NCCN1CCOCC1)c1ccc(C(F)(F)F)cc1. The summed E-state index contributed by atoms with van der Waals surface area (Å²) in [6, 6.07) is 4.14. The average molecular weight is 489 g/mol. The molecule has 0 aliphatic carbocycles. The number of carbonyl (C=O) groups is 1. The van der Waals surface area contributed by atoms with Gasteiger partial charge in [0.05, 0.1) is 37.9 Å². The molecule has 2 saturated heterocycles. The number of nitrogens with one attached hydrogen (secondary N) is 2. The molecule has 0 bridgehead atoms. The van der Waals surface area contributed by atoms with Gasteiger partial charge >= 0.3 is 12.1 Å². The molecule has 2 aliphatic heterocycles. The van der Waals surface area contributed by atoms with Gasteiger partial charge in [-0.05, 0) is 17.7 Å². The van der Waals surface area contributed by atoms with Crippen molar-refractivity contribution in [1.82, 2.24) is 20.4 Å². The van der Waals surface area contributed by atoms with Crippen LogP contribution in [-0.2, 0) is 20.4 Å². The number of rotatable bonds is 12. The monoisotopic (exact) mass is 488 g/mol. The van der Waals surface area contributed by atoms with Crippen LogP contribution in [0, 0.1) is 5.92 Å². The molecule has 2 aliphatic rings. The lowest BCUT2D eigenvalue weighted by atomic mass is 9.92. The minimum atomic E-state index is -4.44. The number of morpholine rings is 2. The Balaban J connectivity index is 1.63. The van der Waals surface area contributed by atoms with Crippen LogP contribution in [0.3, 0.4) is 0 Å². The normalized spacial score (nSPS) is 20.2. The second kappa shape index (κ2) is 13.4. The molecule has 2 heterocycles. The number of ether oxygens (including phenoxy) is 2. The summed E-state index contributed by atoms with van der Waals surface area (Å²) in [6.45, 7) is 8.85. The third kappa shape index (κ3) is 8.47. The zero-order valence-electron chi connectivity index (χ0n) is 19.4. The Bertz CT molecular complexity index is 739. The van der Waals surface area contributed by atoms with Crippen molar-refractivity contribution in [3.8, 4) is 0 Å². The minimum Gasteiger partial charge on any atom is -0.481 e. The van der Waals surface area contributed by atoms with E-state index in [1.807, 2.05) is 0 Å². The minimum absolute atomic E-state index is 0.204. The molecule has 8 nitrogen and oxygen atoms in total. The lowest BCUT2D eigenvalue weighted by Gasteiger charge is -2.30. The van der Waals surface area contributed by atoms with E-state index in [4.69, 9.17) is 9.47 Å². The standard InChI is InChI=1S/C23H35F3N4O4/c24-23(25,26)19-3-1-18(2-4-19)21(28-6-8-30-11-15-34-16-12-30)20(22(31)32)17-27-5-7-29-9-13-33-14-10-29/h1-4,20-21,27-28H,5-17H2,(H,31,32). The van der Waals surface area contributed by atoms with Gasteiger partial charge in [-0.1, -0.05) is 12.1 Å². The summed E-state index contributed by atoms with van der Waals surface area (Å²) in [5.74, 6) is -1.84. The maximum Gasteiger partial charge on any atom is 0.416 e. The largest absolute Gasteiger partial charge is 0.481 e. The Morgan fingerprint density at radius 2 is 1.47 bits per heavy atom. The molecule has 34 heavy (non-hydrogen) atoms. The number of hydrogen-bond acceptors (Lipinski definition) is 7. The lowest BCUT2D eigenvalue weighted by Crippen LogP contribution is -2.45. The van der Waals surface area contributed by atoms with Gasteiger partial charge in [-0.2, -0.15) is 13.2 Å². The van der Waals surface area contributed by atoms with Gasteiger partial charge < -0.3 is 25.2 Å². The van der Waals surface area contributed by atoms with Crippen LogP contribution in [0.2, 0.25) is 0 Å². The first-order valence-corrected chi connectivity index (χ1v) is 11.8. The predicted octanol–water partition coefficient (Wildman–Crippen LogP) is 1.29. The third-order valence-electron chi connectivity index (χ3n) is 6.29. The molecule has 0 radical (unpaired) electrons. The highest BCUT2D eigenvalue weighted by Crippen LogP contribution is 2.31. The van der Waals surface area contributed by atoms with Crippen LogP contribution < -0.4 is 10.6 Å². The first-order chi connectivity index (χ1) is 16.3. The van der Waals surface area contributed by atoms with Crippen LogP contribution in [-0.4, -0.2) is 106 Å². The van der Waals surface area contributed by atoms with Gasteiger partial charge in [0.15, 0.2) is 0 Å². The molecular formula is C23H35F3N4O4. The van der Waals surface area contributed by atoms with E-state index in [1.54, 1.807) is 0 Å². The number of benzene rings is 1. The highest BCUT2D eigenvalue weighted by Gasteiger charge is 2.32. The first kappa shape index (κ1) is 26.8. The van der Waals surface area contributed by atoms with Crippen molar-refractivity contribution in [2.24, 2.45) is 5.92 Å². The van der Waals surface area contributed by atoms with Crippen LogP contribution >= 0.6 is 0 Å². The van der Waals surface area contributed by atoms with Gasteiger partial charge in [-0.15, -0.1) is 0 Å². The average Bonchev–Trinajstić information content (AvgIpc) is 2.83. The first-order valence-electron chi connectivity index (χ1n) is 11.8. The van der Waals surface area contributed by atoms with Crippen molar-refractivity contribution in [1.29, 1.82) is 0 Å². The number of carboxylic acids is 1. The van der Waals surface area contributed by atoms with E-state index in [-0.39, 0.29) is 6.54 Å². The van der Waals surface area contributed by atoms with Crippen LogP contribution in [0.5, 0.6) is 0 Å². The molecule has 1 aromatic rings. The van der Waals surface area contributed by atoms with Crippen molar-refractivity contribution in [2.75, 3.05) is 85.3 Å². The lowest BCUT2D eigenvalue weighted by molar-refractivity contribution is -0.143. The van der Waals surface area contributed by atoms with Crippen LogP contribution in [0.25, 0.3) is 0 Å². The van der Waals surface area contributed by atoms with Crippen LogP contribution in [0.4, 0.5) is 13.2 Å². The van der Waals surface area contributed by atoms with E-state index in [0.29, 0.717) is 51.6 Å². The fourth-order valence-electron chi connectivity index (χ4n) is 4.24. The zero-order valence-corrected chi connectivity index (χ0v) is 19.4. The van der Waals surface area contributed by atoms with Gasteiger partial charge in [0.25, 0.3) is 0 Å². The van der Waals surface area contributed by atoms with E-state index in [1.165, 1.54) is 12.1 Å². The van der Waals surface area contributed by atoms with Gasteiger partial charge in [-0.25, -0.2) is 0 Å². The Kier molecular flexibility index (Phi) is 10.5. The Morgan fingerprint density at radius 3 is 1.97 bits per heavy atom. The molecule has 0 spiro atoms. The molecule has 3 N–H and O–H groups in total. The van der Waals surface area contributed by atoms with Gasteiger partial charge in [0.1, 0.15) is 0 Å². The number of carboxylic acid groups (broad SMARTS) is 1. The zero-order chi connectivity index (χ0) is 24.4. The second-order valence-electron chi connectivity index (χ2n) is 8.61. The van der Waals surface area contributed by atoms with E-state index in [9.17, 15) is 23.1 Å². The molecule has 2 unspecified atom stereocenters. The molecule has 11 heteroatoms. The maximum absolute atomic E-state index is 13.0. The molecule has 0 amide bonds. The number of halogens is 3. The Hall–Kier alpha value is -1.76. The topological polar surface area (TPSA) is 86.3 Å². The highest BCUT2D eigenvalue weighted by atomic mass is 19.4. The highest BCUT2D eigenvalue weighted by molar-refractivity contribution is 5.71. The predicted molar refractivity (Wildman–Crippen MR) is 121 cm³/mol. The fraction of sp³-hybridized carbons (Fsp3) is 0.696. The number of alkyl halides is 3. The molecular weight excluding hydrogens is 453 g/mol. The van der Waals surface area contributed by atoms with Crippen molar-refractivity contribution in [3.63, 3.8) is 0 Å². The van der Waals surface area contributed by atoms with Gasteiger partial charge in [0.2, 0.25) is 0 Å². The summed E-state index contributed by atoms with van der Waals surface area (Å²) in [7, 11) is 0. The van der Waals surface area contributed by atoms with Crippen LogP contribution in [0.15, 0.2) is 24.3 Å². The number of hydrogen-bond donors (Lipinski definition) is 3. The summed E-state index contributed by atoms with van der Waals surface area (Å²) in [6.07, 6.45) is -4.44. The van der Waals surface area contributed by atoms with E-state index >= 15 is 0 Å². The summed E-state index contributed by atoms with van der Waals surface area (Å²) < 4.78 is 49.8. The fourth-order valence-corrected chi connectivity index (χ4v) is 4.24. The quantitative estimate of drug-likeness (QED) is 0.380. The number of aliphatic carboxylic acids is 1. The summed E-state index contributed by atoms with van der Waals surface area (Å²) in [4.78, 5) is 16.7. The van der Waals surface area contributed by atoms with Crippen molar-refractivity contribution in [2.45, 2.75) is 12.2 Å². The molecule has 0 aromatic heterocycles. The third-order valence-corrected chi connectivity index (χ3v) is 6.29. The number of nitrogens with zero attached hydrogens (tertiary/aromatic N) is 2. The second-order valence-corrected chi connectivity index (χ2v) is 8.61. The van der Waals surface area contributed by atoms with Crippen molar-refractivity contribution >= 4 is 5.97 Å². The summed E-state index contributed by atoms with van der Waals surface area (Å²) in [5, 5.41) is 16.5. The van der Waals surface area contributed by atoms with E-state index in [0.717, 1.165) is 44.9 Å². The van der Waals surface area contributed by atoms with E-state index < -0.39 is 29.7 Å². The van der Waals surface area contributed by atoms with E-state index in [2.05, 4.69) is 20.4 Å². The molecule has 192 valence electrons. The van der Waals surface area contributed by atoms with Gasteiger partial charge in [-0.3, -0.25) is 14.6 Å². The van der Waals surface area contributed by atoms with Crippen molar-refractivity contribution in [3.05, 3.63) is 35.4 Å². The van der Waals surface area contributed by atoms with Crippen LogP contribution in [0.1, 0.15) is 17.2 Å². The summed E-state index contributed by atoms with van der Waals surface area (Å²) in [5.41, 5.74) is -0.226. The maximum atomic E-state index is 13.0. The molecule has 3 rings (SSSR count). The van der Waals surface area contributed by atoms with Crippen molar-refractivity contribution < 1.29 is 32.5 Å². The molecule has 2 fully saturated rings. The molecule has 2 atom stereocenters. The Morgan fingerprint density at radius 1 is 0.941 bits per heavy atom. The molecule has 1 aromatic carbocycles. The summed E-state index contributed by atoms with van der Waals surface area (Å²) >= 11 is 0. The van der Waals surface area contributed by atoms with Gasteiger partial charge in [0, 0.05) is 64.9 Å².